The average Bonchev–Trinajstić information content (AvgIpc) is 1.69. The summed E-state index contributed by atoms with van der Waals surface area (Å²) in [5.74, 6) is 0. The maximum absolute atomic E-state index is 3.76. The summed E-state index contributed by atoms with van der Waals surface area (Å²) in [5.41, 5.74) is 0. The molecule has 0 heterocycles. The maximum Gasteiger partial charge on any atom is 2.00 e. The first-order chi connectivity index (χ1) is 3.41. The summed E-state index contributed by atoms with van der Waals surface area (Å²) in [5, 5.41) is 0. The van der Waals surface area contributed by atoms with Crippen molar-refractivity contribution in [3.05, 3.63) is 6.92 Å². The SMILES string of the molecule is [CH2-]CCCCCC.[Zn+2]. The molecular formula is C7H15Zn+. The number of hydrogen-bond acceptors (Lipinski definition) is 0. The van der Waals surface area contributed by atoms with Crippen molar-refractivity contribution in [1.29, 1.82) is 0 Å². The van der Waals surface area contributed by atoms with E-state index in [0.717, 1.165) is 6.42 Å². The molecule has 0 saturated heterocycles. The molecule has 0 atom stereocenters. The van der Waals surface area contributed by atoms with Gasteiger partial charge >= 0.3 is 19.5 Å². The van der Waals surface area contributed by atoms with Crippen molar-refractivity contribution in [2.75, 3.05) is 0 Å². The second kappa shape index (κ2) is 10.6. The zero-order valence-corrected chi connectivity index (χ0v) is 8.92. The van der Waals surface area contributed by atoms with Gasteiger partial charge in [0.1, 0.15) is 0 Å². The topological polar surface area (TPSA) is 0 Å². The third-order valence-corrected chi connectivity index (χ3v) is 1.10. The molecule has 0 saturated carbocycles. The molecule has 0 spiro atoms. The molecule has 0 aliphatic rings. The van der Waals surface area contributed by atoms with Crippen LogP contribution in [-0.2, 0) is 19.5 Å². The van der Waals surface area contributed by atoms with Gasteiger partial charge in [0.25, 0.3) is 0 Å². The fourth-order valence-electron chi connectivity index (χ4n) is 0.604. The average molecular weight is 165 g/mol. The minimum absolute atomic E-state index is 0. The zero-order chi connectivity index (χ0) is 5.54. The Hall–Kier alpha value is 0.623. The summed E-state index contributed by atoms with van der Waals surface area (Å²) in [6, 6.07) is 0. The van der Waals surface area contributed by atoms with Crippen LogP contribution in [0, 0.1) is 6.92 Å². The predicted octanol–water partition coefficient (Wildman–Crippen LogP) is 2.79. The van der Waals surface area contributed by atoms with Crippen LogP contribution in [0.5, 0.6) is 0 Å². The molecule has 0 radical (unpaired) electrons. The fourth-order valence-corrected chi connectivity index (χ4v) is 0.604. The van der Waals surface area contributed by atoms with Crippen LogP contribution < -0.4 is 0 Å². The second-order valence-corrected chi connectivity index (χ2v) is 1.91. The Bertz CT molecular complexity index is 23.6. The van der Waals surface area contributed by atoms with Crippen molar-refractivity contribution in [3.8, 4) is 0 Å². The molecule has 0 aromatic heterocycles. The van der Waals surface area contributed by atoms with E-state index >= 15 is 0 Å². The fraction of sp³-hybridized carbons (Fsp3) is 0.857. The Morgan fingerprint density at radius 3 is 2.12 bits per heavy atom. The number of hydrogen-bond donors (Lipinski definition) is 0. The Labute approximate surface area is 65.8 Å². The van der Waals surface area contributed by atoms with Gasteiger partial charge in [0, 0.05) is 0 Å². The maximum atomic E-state index is 3.76. The van der Waals surface area contributed by atoms with E-state index in [1.165, 1.54) is 25.7 Å². The monoisotopic (exact) mass is 163 g/mol. The van der Waals surface area contributed by atoms with Crippen molar-refractivity contribution < 1.29 is 19.5 Å². The quantitative estimate of drug-likeness (QED) is 0.341. The van der Waals surface area contributed by atoms with E-state index in [-0.39, 0.29) is 19.5 Å². The Kier molecular flexibility index (Phi) is 15.1. The van der Waals surface area contributed by atoms with Crippen LogP contribution in [0.4, 0.5) is 0 Å². The van der Waals surface area contributed by atoms with Crippen LogP contribution in [0.1, 0.15) is 39.0 Å². The van der Waals surface area contributed by atoms with Crippen LogP contribution in [0.3, 0.4) is 0 Å². The van der Waals surface area contributed by atoms with Crippen LogP contribution in [0.2, 0.25) is 0 Å². The first kappa shape index (κ1) is 11.4. The third-order valence-electron chi connectivity index (χ3n) is 1.10. The van der Waals surface area contributed by atoms with E-state index in [0.29, 0.717) is 0 Å². The molecule has 1 heteroatoms. The van der Waals surface area contributed by atoms with E-state index < -0.39 is 0 Å². The first-order valence-corrected chi connectivity index (χ1v) is 3.21. The van der Waals surface area contributed by atoms with E-state index in [1.54, 1.807) is 0 Å². The van der Waals surface area contributed by atoms with Crippen molar-refractivity contribution in [3.63, 3.8) is 0 Å². The van der Waals surface area contributed by atoms with Crippen molar-refractivity contribution >= 4 is 0 Å². The number of unbranched alkanes of at least 4 members (excludes halogenated alkanes) is 4. The van der Waals surface area contributed by atoms with E-state index in [2.05, 4.69) is 13.8 Å². The van der Waals surface area contributed by atoms with Crippen LogP contribution in [0.25, 0.3) is 0 Å². The summed E-state index contributed by atoms with van der Waals surface area (Å²) in [7, 11) is 0. The van der Waals surface area contributed by atoms with Crippen molar-refractivity contribution in [2.45, 2.75) is 39.0 Å². The van der Waals surface area contributed by atoms with Gasteiger partial charge in [-0.1, -0.05) is 32.6 Å². The molecule has 0 aliphatic heterocycles. The van der Waals surface area contributed by atoms with Crippen LogP contribution >= 0.6 is 0 Å². The molecule has 0 aromatic rings. The molecule has 0 aromatic carbocycles. The van der Waals surface area contributed by atoms with Gasteiger partial charge in [0.2, 0.25) is 0 Å². The van der Waals surface area contributed by atoms with Gasteiger partial charge in [-0.15, -0.1) is 0 Å². The minimum atomic E-state index is 0. The van der Waals surface area contributed by atoms with Gasteiger partial charge < -0.3 is 6.92 Å². The molecule has 0 rings (SSSR count). The van der Waals surface area contributed by atoms with Crippen LogP contribution in [0.15, 0.2) is 0 Å². The first-order valence-electron chi connectivity index (χ1n) is 3.21. The molecule has 0 bridgehead atoms. The minimum Gasteiger partial charge on any atom is -0.343 e. The molecule has 0 amide bonds. The normalized spacial score (nSPS) is 8.25. The third kappa shape index (κ3) is 9.80. The van der Waals surface area contributed by atoms with E-state index in [1.807, 2.05) is 0 Å². The van der Waals surface area contributed by atoms with Gasteiger partial charge in [-0.2, -0.15) is 6.42 Å². The van der Waals surface area contributed by atoms with Gasteiger partial charge in [0.15, 0.2) is 0 Å². The smallest absolute Gasteiger partial charge is 0.343 e. The molecule has 44 valence electrons. The van der Waals surface area contributed by atoms with Gasteiger partial charge in [-0.05, 0) is 0 Å². The molecular weight excluding hydrogens is 149 g/mol. The molecule has 0 nitrogen and oxygen atoms in total. The predicted molar refractivity (Wildman–Crippen MR) is 34.1 cm³/mol. The van der Waals surface area contributed by atoms with E-state index in [9.17, 15) is 0 Å². The molecule has 0 N–H and O–H groups in total. The van der Waals surface area contributed by atoms with Gasteiger partial charge in [0.05, 0.1) is 0 Å². The van der Waals surface area contributed by atoms with Crippen molar-refractivity contribution in [1.82, 2.24) is 0 Å². The Balaban J connectivity index is 0. The summed E-state index contributed by atoms with van der Waals surface area (Å²) in [6.45, 7) is 5.98. The van der Waals surface area contributed by atoms with E-state index in [4.69, 9.17) is 0 Å². The Morgan fingerprint density at radius 2 is 1.75 bits per heavy atom. The van der Waals surface area contributed by atoms with Crippen molar-refractivity contribution in [2.24, 2.45) is 0 Å². The zero-order valence-electron chi connectivity index (χ0n) is 5.95. The summed E-state index contributed by atoms with van der Waals surface area (Å²) >= 11 is 0. The van der Waals surface area contributed by atoms with Gasteiger partial charge in [-0.3, -0.25) is 0 Å². The summed E-state index contributed by atoms with van der Waals surface area (Å²) in [6.07, 6.45) is 6.52. The van der Waals surface area contributed by atoms with Crippen LogP contribution in [-0.4, -0.2) is 0 Å². The largest absolute Gasteiger partial charge is 2.00 e. The molecule has 0 fully saturated rings. The molecule has 8 heavy (non-hydrogen) atoms. The standard InChI is InChI=1S/C7H15.Zn/c1-3-5-7-6-4-2;/h1,3-7H2,2H3;/q-1;+2. The number of rotatable bonds is 4. The molecule has 0 unspecified atom stereocenters. The van der Waals surface area contributed by atoms with Gasteiger partial charge in [-0.25, -0.2) is 0 Å². The summed E-state index contributed by atoms with van der Waals surface area (Å²) in [4.78, 5) is 0. The molecule has 0 aliphatic carbocycles. The Morgan fingerprint density at radius 1 is 1.12 bits per heavy atom. The summed E-state index contributed by atoms with van der Waals surface area (Å²) < 4.78 is 0. The second-order valence-electron chi connectivity index (χ2n) is 1.91.